The Morgan fingerprint density at radius 3 is 2.47 bits per heavy atom. The van der Waals surface area contributed by atoms with Gasteiger partial charge in [0.05, 0.1) is 12.7 Å². The molecule has 0 aliphatic rings. The summed E-state index contributed by atoms with van der Waals surface area (Å²) in [4.78, 5) is 12.0. The van der Waals surface area contributed by atoms with Gasteiger partial charge in [-0.05, 0) is 45.4 Å². The lowest BCUT2D eigenvalue weighted by Gasteiger charge is -2.20. The van der Waals surface area contributed by atoms with Gasteiger partial charge in [0.15, 0.2) is 0 Å². The van der Waals surface area contributed by atoms with Crippen LogP contribution < -0.4 is 10.5 Å². The number of hydrogen-bond acceptors (Lipinski definition) is 4. The molecule has 1 aromatic rings. The van der Waals surface area contributed by atoms with Crippen LogP contribution in [0.4, 0.5) is 0 Å². The Morgan fingerprint density at radius 2 is 2.00 bits per heavy atom. The number of methoxy groups -OCH3 is 1. The first-order chi connectivity index (χ1) is 8.78. The van der Waals surface area contributed by atoms with E-state index in [0.717, 1.165) is 12.0 Å². The number of ether oxygens (including phenoxy) is 2. The predicted molar refractivity (Wildman–Crippen MR) is 75.4 cm³/mol. The molecule has 4 heteroatoms. The molecule has 0 spiro atoms. The summed E-state index contributed by atoms with van der Waals surface area (Å²) in [5.74, 6) is 0.348. The molecule has 0 amide bonds. The fourth-order valence-electron chi connectivity index (χ4n) is 1.71. The summed E-state index contributed by atoms with van der Waals surface area (Å²) < 4.78 is 10.6. The molecule has 0 saturated heterocycles. The largest absolute Gasteiger partial charge is 0.496 e. The summed E-state index contributed by atoms with van der Waals surface area (Å²) in [6.45, 7) is 7.51. The molecule has 106 valence electrons. The van der Waals surface area contributed by atoms with Gasteiger partial charge in [-0.3, -0.25) is 0 Å². The molecule has 1 rings (SSSR count). The molecule has 1 unspecified atom stereocenters. The number of nitrogens with two attached hydrogens (primary N) is 1. The van der Waals surface area contributed by atoms with E-state index in [2.05, 4.69) is 0 Å². The number of hydrogen-bond donors (Lipinski definition) is 1. The van der Waals surface area contributed by atoms with Gasteiger partial charge < -0.3 is 15.2 Å². The molecule has 1 atom stereocenters. The maximum Gasteiger partial charge on any atom is 0.338 e. The maximum atomic E-state index is 12.0. The molecule has 0 aliphatic heterocycles. The lowest BCUT2D eigenvalue weighted by atomic mass is 10.0. The number of esters is 1. The van der Waals surface area contributed by atoms with Crippen molar-refractivity contribution in [2.75, 3.05) is 7.11 Å². The van der Waals surface area contributed by atoms with Gasteiger partial charge in [0.25, 0.3) is 0 Å². The van der Waals surface area contributed by atoms with Crippen molar-refractivity contribution in [2.24, 2.45) is 5.73 Å². The Morgan fingerprint density at radius 1 is 1.37 bits per heavy atom. The molecule has 0 bridgehead atoms. The Bertz CT molecular complexity index is 449. The van der Waals surface area contributed by atoms with Gasteiger partial charge in [-0.15, -0.1) is 0 Å². The molecule has 0 saturated carbocycles. The highest BCUT2D eigenvalue weighted by Gasteiger charge is 2.20. The highest BCUT2D eigenvalue weighted by Crippen LogP contribution is 2.27. The average Bonchev–Trinajstić information content (AvgIpc) is 2.35. The topological polar surface area (TPSA) is 61.6 Å². The molecule has 1 aromatic carbocycles. The molecule has 0 aliphatic carbocycles. The van der Waals surface area contributed by atoms with Crippen molar-refractivity contribution in [3.05, 3.63) is 29.3 Å². The number of carbonyl (C=O) groups is 1. The average molecular weight is 265 g/mol. The Hall–Kier alpha value is -1.55. The lowest BCUT2D eigenvalue weighted by molar-refractivity contribution is 0.00694. The van der Waals surface area contributed by atoms with Crippen LogP contribution in [0.5, 0.6) is 5.75 Å². The third kappa shape index (κ3) is 4.24. The molecular weight excluding hydrogens is 242 g/mol. The van der Waals surface area contributed by atoms with E-state index in [9.17, 15) is 4.79 Å². The summed E-state index contributed by atoms with van der Waals surface area (Å²) in [6, 6.07) is 5.04. The second-order valence-corrected chi connectivity index (χ2v) is 5.47. The van der Waals surface area contributed by atoms with Crippen LogP contribution in [0.15, 0.2) is 18.2 Å². The molecule has 4 nitrogen and oxygen atoms in total. The van der Waals surface area contributed by atoms with Crippen molar-refractivity contribution in [1.29, 1.82) is 0 Å². The molecule has 0 fully saturated rings. The van der Waals surface area contributed by atoms with Crippen LogP contribution in [0.1, 0.15) is 56.1 Å². The van der Waals surface area contributed by atoms with Crippen LogP contribution in [-0.4, -0.2) is 18.7 Å². The fourth-order valence-corrected chi connectivity index (χ4v) is 1.71. The Kier molecular flexibility index (Phi) is 4.95. The number of carbonyl (C=O) groups excluding carboxylic acids is 1. The van der Waals surface area contributed by atoms with E-state index in [-0.39, 0.29) is 12.0 Å². The summed E-state index contributed by atoms with van der Waals surface area (Å²) in [5.41, 5.74) is 6.85. The molecule has 0 heterocycles. The zero-order valence-electron chi connectivity index (χ0n) is 12.3. The first-order valence-corrected chi connectivity index (χ1v) is 6.45. The van der Waals surface area contributed by atoms with Crippen LogP contribution in [-0.2, 0) is 4.74 Å². The summed E-state index contributed by atoms with van der Waals surface area (Å²) in [6.07, 6.45) is 0.772. The third-order valence-electron chi connectivity index (χ3n) is 2.70. The van der Waals surface area contributed by atoms with Crippen molar-refractivity contribution < 1.29 is 14.3 Å². The van der Waals surface area contributed by atoms with E-state index < -0.39 is 5.60 Å². The van der Waals surface area contributed by atoms with Crippen molar-refractivity contribution in [2.45, 2.75) is 45.8 Å². The molecular formula is C15H23NO3. The van der Waals surface area contributed by atoms with Crippen molar-refractivity contribution in [3.8, 4) is 5.75 Å². The van der Waals surface area contributed by atoms with E-state index in [4.69, 9.17) is 15.2 Å². The zero-order valence-corrected chi connectivity index (χ0v) is 12.3. The van der Waals surface area contributed by atoms with E-state index in [1.807, 2.05) is 27.7 Å². The smallest absolute Gasteiger partial charge is 0.338 e. The Labute approximate surface area is 114 Å². The first kappa shape index (κ1) is 15.5. The van der Waals surface area contributed by atoms with Gasteiger partial charge in [0.2, 0.25) is 0 Å². The highest BCUT2D eigenvalue weighted by molar-refractivity contribution is 5.90. The van der Waals surface area contributed by atoms with Gasteiger partial charge in [-0.2, -0.15) is 0 Å². The minimum absolute atomic E-state index is 0.155. The Balaban J connectivity index is 3.07. The quantitative estimate of drug-likeness (QED) is 0.850. The SMILES string of the molecule is CCC(N)c1cc(C(=O)OC(C)(C)C)ccc1OC. The zero-order chi connectivity index (χ0) is 14.6. The number of benzene rings is 1. The van der Waals surface area contributed by atoms with Crippen LogP contribution in [0, 0.1) is 0 Å². The van der Waals surface area contributed by atoms with Crippen molar-refractivity contribution in [3.63, 3.8) is 0 Å². The van der Waals surface area contributed by atoms with E-state index in [1.165, 1.54) is 0 Å². The molecule has 0 aromatic heterocycles. The summed E-state index contributed by atoms with van der Waals surface area (Å²) in [5, 5.41) is 0. The summed E-state index contributed by atoms with van der Waals surface area (Å²) >= 11 is 0. The van der Waals surface area contributed by atoms with Crippen LogP contribution in [0.3, 0.4) is 0 Å². The molecule has 19 heavy (non-hydrogen) atoms. The van der Waals surface area contributed by atoms with E-state index >= 15 is 0 Å². The first-order valence-electron chi connectivity index (χ1n) is 6.45. The second kappa shape index (κ2) is 6.06. The minimum Gasteiger partial charge on any atom is -0.496 e. The van der Waals surface area contributed by atoms with Crippen molar-refractivity contribution in [1.82, 2.24) is 0 Å². The normalized spacial score (nSPS) is 12.9. The van der Waals surface area contributed by atoms with Gasteiger partial charge in [0, 0.05) is 11.6 Å². The van der Waals surface area contributed by atoms with Crippen LogP contribution in [0.2, 0.25) is 0 Å². The van der Waals surface area contributed by atoms with E-state index in [0.29, 0.717) is 11.3 Å². The highest BCUT2D eigenvalue weighted by atomic mass is 16.6. The molecule has 0 radical (unpaired) electrons. The van der Waals surface area contributed by atoms with Gasteiger partial charge in [-0.1, -0.05) is 6.92 Å². The number of rotatable bonds is 4. The van der Waals surface area contributed by atoms with Crippen molar-refractivity contribution >= 4 is 5.97 Å². The van der Waals surface area contributed by atoms with Gasteiger partial charge in [-0.25, -0.2) is 4.79 Å². The standard InChI is InChI=1S/C15H23NO3/c1-6-12(16)11-9-10(7-8-13(11)18-5)14(17)19-15(2,3)4/h7-9,12H,6,16H2,1-5H3. The van der Waals surface area contributed by atoms with Gasteiger partial charge in [0.1, 0.15) is 11.4 Å². The fraction of sp³-hybridized carbons (Fsp3) is 0.533. The third-order valence-corrected chi connectivity index (χ3v) is 2.70. The predicted octanol–water partition coefficient (Wildman–Crippen LogP) is 3.06. The maximum absolute atomic E-state index is 12.0. The summed E-state index contributed by atoms with van der Waals surface area (Å²) in [7, 11) is 1.59. The lowest BCUT2D eigenvalue weighted by Crippen LogP contribution is -2.24. The minimum atomic E-state index is -0.510. The van der Waals surface area contributed by atoms with E-state index in [1.54, 1.807) is 25.3 Å². The van der Waals surface area contributed by atoms with Gasteiger partial charge >= 0.3 is 5.97 Å². The second-order valence-electron chi connectivity index (χ2n) is 5.47. The van der Waals surface area contributed by atoms with Crippen LogP contribution in [0.25, 0.3) is 0 Å². The monoisotopic (exact) mass is 265 g/mol. The molecule has 2 N–H and O–H groups in total. The van der Waals surface area contributed by atoms with Crippen LogP contribution >= 0.6 is 0 Å².